The Bertz CT molecular complexity index is 1560. The maximum Gasteiger partial charge on any atom is 0.258 e. The van der Waals surface area contributed by atoms with Gasteiger partial charge in [0.1, 0.15) is 0 Å². The molecule has 1 amide bonds. The molecular formula is C28H24ClN3O4. The van der Waals surface area contributed by atoms with Crippen LogP contribution in [0.5, 0.6) is 11.5 Å². The van der Waals surface area contributed by atoms with Crippen molar-refractivity contribution in [3.05, 3.63) is 93.2 Å². The normalized spacial score (nSPS) is 15.2. The zero-order valence-electron chi connectivity index (χ0n) is 20.0. The molecule has 1 aromatic heterocycles. The van der Waals surface area contributed by atoms with E-state index in [-0.39, 0.29) is 11.5 Å². The Morgan fingerprint density at radius 2 is 1.72 bits per heavy atom. The van der Waals surface area contributed by atoms with Gasteiger partial charge >= 0.3 is 0 Å². The number of para-hydroxylation sites is 1. The van der Waals surface area contributed by atoms with Crippen LogP contribution in [0.1, 0.15) is 30.5 Å². The number of nitrogens with zero attached hydrogens (tertiary/aromatic N) is 2. The molecule has 36 heavy (non-hydrogen) atoms. The van der Waals surface area contributed by atoms with Gasteiger partial charge in [-0.1, -0.05) is 48.0 Å². The van der Waals surface area contributed by atoms with Crippen LogP contribution in [0.3, 0.4) is 0 Å². The second-order valence-corrected chi connectivity index (χ2v) is 8.94. The third kappa shape index (κ3) is 4.12. The molecule has 8 heteroatoms. The van der Waals surface area contributed by atoms with Crippen molar-refractivity contribution >= 4 is 34.1 Å². The smallest absolute Gasteiger partial charge is 0.258 e. The first-order valence-electron chi connectivity index (χ1n) is 11.4. The summed E-state index contributed by atoms with van der Waals surface area (Å²) in [5.74, 6) is 0.915. The van der Waals surface area contributed by atoms with Crippen molar-refractivity contribution in [2.45, 2.75) is 19.4 Å². The average molecular weight is 502 g/mol. The third-order valence-electron chi connectivity index (χ3n) is 6.37. The van der Waals surface area contributed by atoms with Crippen LogP contribution in [-0.2, 0) is 4.79 Å². The Hall–Kier alpha value is -4.10. The van der Waals surface area contributed by atoms with Gasteiger partial charge in [0.25, 0.3) is 5.56 Å². The Morgan fingerprint density at radius 1 is 1.00 bits per heavy atom. The lowest BCUT2D eigenvalue weighted by Crippen LogP contribution is -2.24. The lowest BCUT2D eigenvalue weighted by Gasteiger charge is -2.21. The lowest BCUT2D eigenvalue weighted by molar-refractivity contribution is -0.130. The van der Waals surface area contributed by atoms with Crippen molar-refractivity contribution in [1.82, 2.24) is 9.99 Å². The second-order valence-electron chi connectivity index (χ2n) is 8.50. The molecule has 182 valence electrons. The number of hydrazone groups is 1. The van der Waals surface area contributed by atoms with Crippen molar-refractivity contribution in [2.75, 3.05) is 14.2 Å². The predicted octanol–water partition coefficient (Wildman–Crippen LogP) is 5.56. The molecule has 1 atom stereocenters. The summed E-state index contributed by atoms with van der Waals surface area (Å²) in [7, 11) is 3.13. The molecular weight excluding hydrogens is 478 g/mol. The highest BCUT2D eigenvalue weighted by Gasteiger charge is 2.34. The highest BCUT2D eigenvalue weighted by molar-refractivity contribution is 6.30. The summed E-state index contributed by atoms with van der Waals surface area (Å²) in [6.45, 7) is 1.46. The van der Waals surface area contributed by atoms with Crippen molar-refractivity contribution in [1.29, 1.82) is 0 Å². The van der Waals surface area contributed by atoms with Crippen LogP contribution in [0.15, 0.2) is 76.6 Å². The standard InChI is InChI=1S/C28H24ClN3O4/c1-16(33)32-23(18-10-13-24(35-2)25(14-18)36-3)15-22(31-32)27-26(17-8-11-19(29)12-9-17)20-6-4-5-7-21(20)30-28(27)34/h4-14,23H,15H2,1-3H3,(H,30,34)/t23-/m1/s1. The van der Waals surface area contributed by atoms with Gasteiger partial charge in [0.05, 0.1) is 31.5 Å². The summed E-state index contributed by atoms with van der Waals surface area (Å²) < 4.78 is 10.8. The largest absolute Gasteiger partial charge is 0.493 e. The van der Waals surface area contributed by atoms with Crippen molar-refractivity contribution in [3.63, 3.8) is 0 Å². The number of hydrogen-bond donors (Lipinski definition) is 1. The van der Waals surface area contributed by atoms with E-state index in [0.717, 1.165) is 27.6 Å². The number of aromatic nitrogens is 1. The monoisotopic (exact) mass is 501 g/mol. The van der Waals surface area contributed by atoms with Crippen LogP contribution in [0.4, 0.5) is 0 Å². The summed E-state index contributed by atoms with van der Waals surface area (Å²) in [5.41, 5.74) is 3.83. The van der Waals surface area contributed by atoms with E-state index in [1.165, 1.54) is 11.9 Å². The number of carbonyl (C=O) groups excluding carboxylic acids is 1. The number of fused-ring (bicyclic) bond motifs is 1. The van der Waals surface area contributed by atoms with Crippen LogP contribution in [0.25, 0.3) is 22.0 Å². The number of pyridine rings is 1. The minimum atomic E-state index is -0.402. The predicted molar refractivity (Wildman–Crippen MR) is 141 cm³/mol. The van der Waals surface area contributed by atoms with E-state index in [2.05, 4.69) is 10.1 Å². The van der Waals surface area contributed by atoms with Crippen molar-refractivity contribution < 1.29 is 14.3 Å². The van der Waals surface area contributed by atoms with Crippen molar-refractivity contribution in [2.24, 2.45) is 5.10 Å². The molecule has 2 heterocycles. The number of nitrogens with one attached hydrogen (secondary N) is 1. The van der Waals surface area contributed by atoms with Crippen LogP contribution in [0.2, 0.25) is 5.02 Å². The molecule has 0 bridgehead atoms. The summed E-state index contributed by atoms with van der Waals surface area (Å²) in [6, 6.07) is 20.1. The highest BCUT2D eigenvalue weighted by atomic mass is 35.5. The number of methoxy groups -OCH3 is 2. The Morgan fingerprint density at radius 3 is 2.42 bits per heavy atom. The molecule has 0 saturated carbocycles. The van der Waals surface area contributed by atoms with Gasteiger partial charge in [-0.05, 0) is 41.5 Å². The number of amides is 1. The van der Waals surface area contributed by atoms with E-state index in [1.54, 1.807) is 32.4 Å². The highest BCUT2D eigenvalue weighted by Crippen LogP contribution is 2.39. The quantitative estimate of drug-likeness (QED) is 0.388. The van der Waals surface area contributed by atoms with E-state index in [0.29, 0.717) is 34.2 Å². The van der Waals surface area contributed by atoms with Gasteiger partial charge in [0.2, 0.25) is 5.91 Å². The fourth-order valence-electron chi connectivity index (χ4n) is 4.71. The van der Waals surface area contributed by atoms with E-state index < -0.39 is 6.04 Å². The van der Waals surface area contributed by atoms with Gasteiger partial charge in [-0.2, -0.15) is 5.10 Å². The number of ether oxygens (including phenoxy) is 2. The molecule has 0 spiro atoms. The Balaban J connectivity index is 1.69. The molecule has 1 N–H and O–H groups in total. The van der Waals surface area contributed by atoms with Crippen LogP contribution < -0.4 is 15.0 Å². The molecule has 3 aromatic carbocycles. The van der Waals surface area contributed by atoms with Gasteiger partial charge in [0.15, 0.2) is 11.5 Å². The molecule has 0 unspecified atom stereocenters. The SMILES string of the molecule is COc1ccc([C@H]2CC(c3c(-c4ccc(Cl)cc4)c4ccccc4[nH]c3=O)=NN2C(C)=O)cc1OC. The first-order valence-corrected chi connectivity index (χ1v) is 11.8. The lowest BCUT2D eigenvalue weighted by atomic mass is 9.91. The number of rotatable bonds is 5. The van der Waals surface area contributed by atoms with E-state index in [4.69, 9.17) is 21.1 Å². The molecule has 0 aliphatic carbocycles. The number of H-pyrrole nitrogens is 1. The minimum Gasteiger partial charge on any atom is -0.493 e. The molecule has 5 rings (SSSR count). The molecule has 0 saturated heterocycles. The fraction of sp³-hybridized carbons (Fsp3) is 0.179. The van der Waals surface area contributed by atoms with E-state index in [9.17, 15) is 9.59 Å². The Labute approximate surface area is 212 Å². The summed E-state index contributed by atoms with van der Waals surface area (Å²) in [5, 5.41) is 7.57. The maximum atomic E-state index is 13.5. The molecule has 0 radical (unpaired) electrons. The number of hydrogen-bond acceptors (Lipinski definition) is 5. The van der Waals surface area contributed by atoms with Gasteiger partial charge in [0, 0.05) is 34.8 Å². The van der Waals surface area contributed by atoms with Gasteiger partial charge < -0.3 is 14.5 Å². The Kier molecular flexibility index (Phi) is 6.24. The van der Waals surface area contributed by atoms with E-state index in [1.807, 2.05) is 48.5 Å². The van der Waals surface area contributed by atoms with E-state index >= 15 is 0 Å². The molecule has 1 aliphatic rings. The van der Waals surface area contributed by atoms with Gasteiger partial charge in [-0.25, -0.2) is 5.01 Å². The second kappa shape index (κ2) is 9.51. The third-order valence-corrected chi connectivity index (χ3v) is 6.62. The van der Waals surface area contributed by atoms with Gasteiger partial charge in [-0.15, -0.1) is 0 Å². The zero-order chi connectivity index (χ0) is 25.4. The molecule has 4 aromatic rings. The fourth-order valence-corrected chi connectivity index (χ4v) is 4.83. The maximum absolute atomic E-state index is 13.5. The summed E-state index contributed by atoms with van der Waals surface area (Å²) in [4.78, 5) is 29.1. The first-order chi connectivity index (χ1) is 17.4. The number of halogens is 1. The number of carbonyl (C=O) groups is 1. The first kappa shape index (κ1) is 23.6. The van der Waals surface area contributed by atoms with Crippen molar-refractivity contribution in [3.8, 4) is 22.6 Å². The number of benzene rings is 3. The number of aromatic amines is 1. The van der Waals surface area contributed by atoms with Crippen LogP contribution in [-0.4, -0.2) is 35.8 Å². The zero-order valence-corrected chi connectivity index (χ0v) is 20.8. The summed E-state index contributed by atoms with van der Waals surface area (Å²) >= 11 is 6.15. The molecule has 7 nitrogen and oxygen atoms in total. The van der Waals surface area contributed by atoms with Gasteiger partial charge in [-0.3, -0.25) is 9.59 Å². The molecule has 1 aliphatic heterocycles. The topological polar surface area (TPSA) is 84.0 Å². The van der Waals surface area contributed by atoms with Crippen LogP contribution in [0, 0.1) is 0 Å². The summed E-state index contributed by atoms with van der Waals surface area (Å²) in [6.07, 6.45) is 0.358. The van der Waals surface area contributed by atoms with Crippen LogP contribution >= 0.6 is 11.6 Å². The average Bonchev–Trinajstić information content (AvgIpc) is 3.33. The minimum absolute atomic E-state index is 0.227. The molecule has 0 fully saturated rings.